The van der Waals surface area contributed by atoms with Gasteiger partial charge >= 0.3 is 0 Å². The van der Waals surface area contributed by atoms with Gasteiger partial charge in [-0.25, -0.2) is 13.1 Å². The second-order valence-electron chi connectivity index (χ2n) is 5.96. The molecule has 0 aliphatic rings. The summed E-state index contributed by atoms with van der Waals surface area (Å²) in [6, 6.07) is 13.4. The number of sulfonamides is 1. The SMILES string of the molecule is CCNS(=O)(=O)c1ccc(CCC(=O)Nc2cccc(NC(C)=O)c2)cc1. The Kier molecular flexibility index (Phi) is 7.09. The third kappa shape index (κ3) is 6.50. The second kappa shape index (κ2) is 9.29. The molecule has 2 rings (SSSR count). The van der Waals surface area contributed by atoms with Gasteiger partial charge in [-0.1, -0.05) is 25.1 Å². The molecule has 0 saturated carbocycles. The van der Waals surface area contributed by atoms with Gasteiger partial charge in [0.05, 0.1) is 4.90 Å². The molecular weight excluding hydrogens is 366 g/mol. The zero-order valence-electron chi connectivity index (χ0n) is 15.3. The summed E-state index contributed by atoms with van der Waals surface area (Å²) in [7, 11) is -3.47. The number of anilines is 2. The summed E-state index contributed by atoms with van der Waals surface area (Å²) in [6.45, 7) is 3.46. The molecule has 8 heteroatoms. The van der Waals surface area contributed by atoms with E-state index in [1.165, 1.54) is 19.1 Å². The molecule has 0 aliphatic carbocycles. The van der Waals surface area contributed by atoms with Gasteiger partial charge in [0.1, 0.15) is 0 Å². The fourth-order valence-electron chi connectivity index (χ4n) is 2.47. The van der Waals surface area contributed by atoms with Crippen molar-refractivity contribution in [2.24, 2.45) is 0 Å². The molecule has 2 aromatic rings. The highest BCUT2D eigenvalue weighted by Gasteiger charge is 2.12. The minimum Gasteiger partial charge on any atom is -0.326 e. The molecule has 144 valence electrons. The van der Waals surface area contributed by atoms with E-state index in [4.69, 9.17) is 0 Å². The normalized spacial score (nSPS) is 11.0. The number of hydrogen-bond donors (Lipinski definition) is 3. The molecule has 7 nitrogen and oxygen atoms in total. The van der Waals surface area contributed by atoms with Crippen molar-refractivity contribution in [2.75, 3.05) is 17.2 Å². The molecule has 0 aromatic heterocycles. The van der Waals surface area contributed by atoms with Gasteiger partial charge in [0.2, 0.25) is 21.8 Å². The van der Waals surface area contributed by atoms with Gasteiger partial charge in [0, 0.05) is 31.3 Å². The minimum absolute atomic E-state index is 0.167. The van der Waals surface area contributed by atoms with Crippen LogP contribution in [0.4, 0.5) is 11.4 Å². The summed E-state index contributed by atoms with van der Waals surface area (Å²) in [5.41, 5.74) is 2.07. The number of carbonyl (C=O) groups excluding carboxylic acids is 2. The average Bonchev–Trinajstić information content (AvgIpc) is 2.60. The van der Waals surface area contributed by atoms with Crippen LogP contribution < -0.4 is 15.4 Å². The maximum atomic E-state index is 12.1. The van der Waals surface area contributed by atoms with Crippen LogP contribution in [0.3, 0.4) is 0 Å². The van der Waals surface area contributed by atoms with Gasteiger partial charge in [-0.15, -0.1) is 0 Å². The lowest BCUT2D eigenvalue weighted by Gasteiger charge is -2.08. The third-order valence-corrected chi connectivity index (χ3v) is 5.24. The van der Waals surface area contributed by atoms with Crippen LogP contribution in [-0.4, -0.2) is 26.8 Å². The van der Waals surface area contributed by atoms with Crippen LogP contribution in [0.1, 0.15) is 25.8 Å². The van der Waals surface area contributed by atoms with E-state index in [1.54, 1.807) is 43.3 Å². The van der Waals surface area contributed by atoms with Gasteiger partial charge in [0.25, 0.3) is 0 Å². The maximum absolute atomic E-state index is 12.1. The number of rotatable bonds is 8. The van der Waals surface area contributed by atoms with E-state index in [2.05, 4.69) is 15.4 Å². The van der Waals surface area contributed by atoms with Crippen molar-refractivity contribution in [3.63, 3.8) is 0 Å². The van der Waals surface area contributed by atoms with Crippen molar-refractivity contribution in [1.29, 1.82) is 0 Å². The van der Waals surface area contributed by atoms with Gasteiger partial charge in [-0.2, -0.15) is 0 Å². The highest BCUT2D eigenvalue weighted by Crippen LogP contribution is 2.16. The van der Waals surface area contributed by atoms with E-state index in [0.717, 1.165) is 5.56 Å². The summed E-state index contributed by atoms with van der Waals surface area (Å²) in [4.78, 5) is 23.4. The van der Waals surface area contributed by atoms with Crippen molar-refractivity contribution in [1.82, 2.24) is 4.72 Å². The molecule has 0 fully saturated rings. The van der Waals surface area contributed by atoms with E-state index in [0.29, 0.717) is 24.3 Å². The van der Waals surface area contributed by atoms with E-state index in [1.807, 2.05) is 0 Å². The molecule has 0 heterocycles. The first-order chi connectivity index (χ1) is 12.8. The average molecular weight is 389 g/mol. The smallest absolute Gasteiger partial charge is 0.240 e. The first kappa shape index (κ1) is 20.6. The lowest BCUT2D eigenvalue weighted by atomic mass is 10.1. The van der Waals surface area contributed by atoms with Gasteiger partial charge in [-0.3, -0.25) is 9.59 Å². The highest BCUT2D eigenvalue weighted by molar-refractivity contribution is 7.89. The summed E-state index contributed by atoms with van der Waals surface area (Å²) in [6.07, 6.45) is 0.739. The van der Waals surface area contributed by atoms with Crippen molar-refractivity contribution in [3.8, 4) is 0 Å². The summed E-state index contributed by atoms with van der Waals surface area (Å²) >= 11 is 0. The number of carbonyl (C=O) groups is 2. The molecule has 0 aliphatic heterocycles. The van der Waals surface area contributed by atoms with Crippen LogP contribution in [0.25, 0.3) is 0 Å². The van der Waals surface area contributed by atoms with E-state index >= 15 is 0 Å². The van der Waals surface area contributed by atoms with Crippen molar-refractivity contribution >= 4 is 33.2 Å². The molecule has 2 aromatic carbocycles. The van der Waals surface area contributed by atoms with Crippen LogP contribution in [0, 0.1) is 0 Å². The number of aryl methyl sites for hydroxylation is 1. The molecule has 0 radical (unpaired) electrons. The predicted octanol–water partition coefficient (Wildman–Crippen LogP) is 2.51. The Morgan fingerprint density at radius 2 is 1.59 bits per heavy atom. The monoisotopic (exact) mass is 389 g/mol. The van der Waals surface area contributed by atoms with Crippen LogP contribution in [-0.2, 0) is 26.0 Å². The quantitative estimate of drug-likeness (QED) is 0.645. The molecule has 0 bridgehead atoms. The summed E-state index contributed by atoms with van der Waals surface area (Å²) in [5, 5.41) is 5.44. The van der Waals surface area contributed by atoms with Crippen molar-refractivity contribution in [3.05, 3.63) is 54.1 Å². The predicted molar refractivity (Wildman–Crippen MR) is 105 cm³/mol. The molecule has 2 amide bonds. The Bertz CT molecular complexity index is 909. The Morgan fingerprint density at radius 1 is 0.963 bits per heavy atom. The molecule has 3 N–H and O–H groups in total. The second-order valence-corrected chi connectivity index (χ2v) is 7.72. The maximum Gasteiger partial charge on any atom is 0.240 e. The fraction of sp³-hybridized carbons (Fsp3) is 0.263. The van der Waals surface area contributed by atoms with E-state index < -0.39 is 10.0 Å². The lowest BCUT2D eigenvalue weighted by Crippen LogP contribution is -2.23. The Balaban J connectivity index is 1.91. The Morgan fingerprint density at radius 3 is 2.19 bits per heavy atom. The van der Waals surface area contributed by atoms with Crippen molar-refractivity contribution < 1.29 is 18.0 Å². The Hall–Kier alpha value is -2.71. The van der Waals surface area contributed by atoms with E-state index in [-0.39, 0.29) is 23.1 Å². The summed E-state index contributed by atoms with van der Waals surface area (Å²) < 4.78 is 26.2. The topological polar surface area (TPSA) is 104 Å². The van der Waals surface area contributed by atoms with Crippen LogP contribution in [0.15, 0.2) is 53.4 Å². The fourth-order valence-corrected chi connectivity index (χ4v) is 3.51. The number of benzene rings is 2. The lowest BCUT2D eigenvalue weighted by molar-refractivity contribution is -0.116. The highest BCUT2D eigenvalue weighted by atomic mass is 32.2. The molecule has 27 heavy (non-hydrogen) atoms. The van der Waals surface area contributed by atoms with Crippen molar-refractivity contribution in [2.45, 2.75) is 31.6 Å². The molecule has 0 unspecified atom stereocenters. The third-order valence-electron chi connectivity index (χ3n) is 3.68. The largest absolute Gasteiger partial charge is 0.326 e. The first-order valence-electron chi connectivity index (χ1n) is 8.56. The van der Waals surface area contributed by atoms with E-state index in [9.17, 15) is 18.0 Å². The molecule has 0 atom stereocenters. The zero-order valence-corrected chi connectivity index (χ0v) is 16.1. The standard InChI is InChI=1S/C19H23N3O4S/c1-3-20-27(25,26)18-10-7-15(8-11-18)9-12-19(24)22-17-6-4-5-16(13-17)21-14(2)23/h4-8,10-11,13,20H,3,9,12H2,1-2H3,(H,21,23)(H,22,24). The molecule has 0 saturated heterocycles. The first-order valence-corrected chi connectivity index (χ1v) is 10.0. The Labute approximate surface area is 159 Å². The van der Waals surface area contributed by atoms with Gasteiger partial charge < -0.3 is 10.6 Å². The van der Waals surface area contributed by atoms with Crippen LogP contribution in [0.5, 0.6) is 0 Å². The molecular formula is C19H23N3O4S. The number of nitrogens with one attached hydrogen (secondary N) is 3. The molecule has 0 spiro atoms. The van der Waals surface area contributed by atoms with Crippen LogP contribution in [0.2, 0.25) is 0 Å². The summed E-state index contributed by atoms with van der Waals surface area (Å²) in [5.74, 6) is -0.350. The number of amides is 2. The van der Waals surface area contributed by atoms with Crippen LogP contribution >= 0.6 is 0 Å². The number of hydrogen-bond acceptors (Lipinski definition) is 4. The van der Waals surface area contributed by atoms with Gasteiger partial charge in [-0.05, 0) is 42.3 Å². The van der Waals surface area contributed by atoms with Gasteiger partial charge in [0.15, 0.2) is 0 Å². The minimum atomic E-state index is -3.47. The zero-order chi connectivity index (χ0) is 19.9.